The molecule has 2 aromatic carbocycles. The summed E-state index contributed by atoms with van der Waals surface area (Å²) in [6.07, 6.45) is 5.17. The summed E-state index contributed by atoms with van der Waals surface area (Å²) in [5.41, 5.74) is 2.01. The van der Waals surface area contributed by atoms with Crippen LogP contribution in [0, 0.1) is 0 Å². The van der Waals surface area contributed by atoms with Crippen LogP contribution in [0.1, 0.15) is 18.1 Å². The molecule has 0 aromatic heterocycles. The molecule has 26 heavy (non-hydrogen) atoms. The van der Waals surface area contributed by atoms with Crippen LogP contribution in [0.25, 0.3) is 12.2 Å². The van der Waals surface area contributed by atoms with Crippen LogP contribution in [0.2, 0.25) is 0 Å². The van der Waals surface area contributed by atoms with Gasteiger partial charge in [0.1, 0.15) is 0 Å². The lowest BCUT2D eigenvalue weighted by atomic mass is 10.1. The molecular weight excluding hydrogens is 330 g/mol. The van der Waals surface area contributed by atoms with E-state index >= 15 is 0 Å². The largest absolute Gasteiger partial charge is 0.493 e. The molecule has 1 aliphatic heterocycles. The highest BCUT2D eigenvalue weighted by molar-refractivity contribution is 6.11. The summed E-state index contributed by atoms with van der Waals surface area (Å²) in [6, 6.07) is 15.2. The monoisotopic (exact) mass is 349 g/mol. The predicted molar refractivity (Wildman–Crippen MR) is 101 cm³/mol. The van der Waals surface area contributed by atoms with Crippen molar-refractivity contribution in [2.45, 2.75) is 6.92 Å². The number of cyclic esters (lactones) is 1. The zero-order chi connectivity index (χ0) is 18.4. The summed E-state index contributed by atoms with van der Waals surface area (Å²) in [5.74, 6) is 1.04. The van der Waals surface area contributed by atoms with Crippen LogP contribution < -0.4 is 9.47 Å². The molecule has 2 aromatic rings. The Bertz CT molecular complexity index is 882. The van der Waals surface area contributed by atoms with Crippen LogP contribution in [0.15, 0.2) is 65.3 Å². The number of methoxy groups -OCH3 is 1. The molecule has 3 rings (SSSR count). The average Bonchev–Trinajstić information content (AvgIpc) is 3.02. The van der Waals surface area contributed by atoms with Crippen LogP contribution in [0.4, 0.5) is 0 Å². The highest BCUT2D eigenvalue weighted by atomic mass is 16.6. The lowest BCUT2D eigenvalue weighted by molar-refractivity contribution is -0.129. The zero-order valence-electron chi connectivity index (χ0n) is 14.6. The van der Waals surface area contributed by atoms with Gasteiger partial charge in [0.25, 0.3) is 0 Å². The van der Waals surface area contributed by atoms with Crippen LogP contribution in [0.3, 0.4) is 0 Å². The number of esters is 1. The summed E-state index contributed by atoms with van der Waals surface area (Å²) in [4.78, 5) is 16.3. The Hall–Kier alpha value is -3.34. The van der Waals surface area contributed by atoms with E-state index in [1.54, 1.807) is 31.4 Å². The third-order valence-electron chi connectivity index (χ3n) is 3.65. The first-order valence-electron chi connectivity index (χ1n) is 8.26. The molecule has 0 radical (unpaired) electrons. The Balaban J connectivity index is 1.81. The molecule has 0 bridgehead atoms. The molecule has 0 fully saturated rings. The van der Waals surface area contributed by atoms with Gasteiger partial charge in [-0.15, -0.1) is 0 Å². The third-order valence-corrected chi connectivity index (χ3v) is 3.65. The Labute approximate surface area is 152 Å². The van der Waals surface area contributed by atoms with Crippen LogP contribution in [0.5, 0.6) is 11.5 Å². The van der Waals surface area contributed by atoms with Crippen molar-refractivity contribution in [1.29, 1.82) is 0 Å². The lowest BCUT2D eigenvalue weighted by Crippen LogP contribution is -2.01. The van der Waals surface area contributed by atoms with Crippen LogP contribution in [-0.4, -0.2) is 25.6 Å². The minimum absolute atomic E-state index is 0.240. The molecule has 0 amide bonds. The van der Waals surface area contributed by atoms with Gasteiger partial charge in [0.05, 0.1) is 13.7 Å². The fraction of sp³-hybridized carbons (Fsp3) is 0.143. The normalized spacial score (nSPS) is 15.2. The fourth-order valence-electron chi connectivity index (χ4n) is 2.44. The van der Waals surface area contributed by atoms with Crippen molar-refractivity contribution in [3.63, 3.8) is 0 Å². The molecule has 0 atom stereocenters. The number of benzene rings is 2. The molecule has 132 valence electrons. The number of aliphatic imine (C=N–C) groups is 1. The number of hydrogen-bond acceptors (Lipinski definition) is 5. The molecule has 0 saturated heterocycles. The first-order chi connectivity index (χ1) is 12.7. The van der Waals surface area contributed by atoms with E-state index in [2.05, 4.69) is 4.99 Å². The summed E-state index contributed by atoms with van der Waals surface area (Å²) >= 11 is 0. The Morgan fingerprint density at radius 1 is 1.04 bits per heavy atom. The molecule has 5 heteroatoms. The third kappa shape index (κ3) is 4.19. The number of hydrogen-bond donors (Lipinski definition) is 0. The van der Waals surface area contributed by atoms with E-state index in [0.717, 1.165) is 11.1 Å². The average molecular weight is 349 g/mol. The van der Waals surface area contributed by atoms with Crippen molar-refractivity contribution in [3.05, 3.63) is 71.4 Å². The maximum Gasteiger partial charge on any atom is 0.363 e. The number of ether oxygens (including phenoxy) is 3. The van der Waals surface area contributed by atoms with Crippen molar-refractivity contribution in [1.82, 2.24) is 0 Å². The van der Waals surface area contributed by atoms with Gasteiger partial charge in [-0.1, -0.05) is 36.4 Å². The second kappa shape index (κ2) is 8.16. The molecule has 1 heterocycles. The van der Waals surface area contributed by atoms with E-state index in [1.165, 1.54) is 0 Å². The zero-order valence-corrected chi connectivity index (χ0v) is 14.6. The Kier molecular flexibility index (Phi) is 5.49. The lowest BCUT2D eigenvalue weighted by Gasteiger charge is -2.09. The van der Waals surface area contributed by atoms with Gasteiger partial charge in [0.2, 0.25) is 5.90 Å². The molecule has 0 saturated carbocycles. The number of carbonyl (C=O) groups is 1. The SMILES string of the molecule is CCOc1ccc(/C=C2N=C(/C=C/c3ccccc3)OC/2=O)cc1OC. The van der Waals surface area contributed by atoms with Crippen molar-refractivity contribution in [3.8, 4) is 11.5 Å². The second-order valence-electron chi connectivity index (χ2n) is 5.46. The fourth-order valence-corrected chi connectivity index (χ4v) is 2.44. The van der Waals surface area contributed by atoms with Gasteiger partial charge in [-0.2, -0.15) is 0 Å². The molecule has 0 aliphatic carbocycles. The number of carbonyl (C=O) groups excluding carboxylic acids is 1. The van der Waals surface area contributed by atoms with E-state index in [0.29, 0.717) is 18.1 Å². The quantitative estimate of drug-likeness (QED) is 0.582. The highest BCUT2D eigenvalue weighted by Gasteiger charge is 2.21. The van der Waals surface area contributed by atoms with Gasteiger partial charge in [-0.05, 0) is 42.3 Å². The Morgan fingerprint density at radius 3 is 2.58 bits per heavy atom. The van der Waals surface area contributed by atoms with E-state index in [9.17, 15) is 4.79 Å². The van der Waals surface area contributed by atoms with E-state index in [1.807, 2.05) is 49.4 Å². The van der Waals surface area contributed by atoms with E-state index in [-0.39, 0.29) is 11.6 Å². The smallest absolute Gasteiger partial charge is 0.363 e. The Morgan fingerprint density at radius 2 is 1.85 bits per heavy atom. The highest BCUT2D eigenvalue weighted by Crippen LogP contribution is 2.29. The summed E-state index contributed by atoms with van der Waals surface area (Å²) < 4.78 is 16.0. The second-order valence-corrected chi connectivity index (χ2v) is 5.46. The van der Waals surface area contributed by atoms with Gasteiger partial charge in [0, 0.05) is 6.08 Å². The maximum atomic E-state index is 12.0. The first kappa shape index (κ1) is 17.5. The minimum atomic E-state index is -0.481. The molecule has 1 aliphatic rings. The van der Waals surface area contributed by atoms with Crippen LogP contribution >= 0.6 is 0 Å². The van der Waals surface area contributed by atoms with Gasteiger partial charge < -0.3 is 14.2 Å². The molecule has 5 nitrogen and oxygen atoms in total. The molecule has 0 N–H and O–H groups in total. The van der Waals surface area contributed by atoms with Gasteiger partial charge in [0.15, 0.2) is 17.2 Å². The summed E-state index contributed by atoms with van der Waals surface area (Å²) in [7, 11) is 1.57. The summed E-state index contributed by atoms with van der Waals surface area (Å²) in [5, 5.41) is 0. The molecule has 0 unspecified atom stereocenters. The van der Waals surface area contributed by atoms with Gasteiger partial charge in [-0.25, -0.2) is 9.79 Å². The standard InChI is InChI=1S/C21H19NO4/c1-3-25-18-11-9-16(14-19(18)24-2)13-17-21(23)26-20(22-17)12-10-15-7-5-4-6-8-15/h4-14H,3H2,1-2H3/b12-10+,17-13+. The first-order valence-corrected chi connectivity index (χ1v) is 8.26. The van der Waals surface area contributed by atoms with Crippen molar-refractivity contribution < 1.29 is 19.0 Å². The number of nitrogens with zero attached hydrogens (tertiary/aromatic N) is 1. The van der Waals surface area contributed by atoms with Crippen molar-refractivity contribution >= 4 is 24.0 Å². The number of rotatable bonds is 6. The molecule has 0 spiro atoms. The van der Waals surface area contributed by atoms with Gasteiger partial charge >= 0.3 is 5.97 Å². The molecular formula is C21H19NO4. The predicted octanol–water partition coefficient (Wildman–Crippen LogP) is 4.10. The summed E-state index contributed by atoms with van der Waals surface area (Å²) in [6.45, 7) is 2.45. The minimum Gasteiger partial charge on any atom is -0.493 e. The van der Waals surface area contributed by atoms with Crippen molar-refractivity contribution in [2.75, 3.05) is 13.7 Å². The van der Waals surface area contributed by atoms with E-state index in [4.69, 9.17) is 14.2 Å². The maximum absolute atomic E-state index is 12.0. The van der Waals surface area contributed by atoms with Gasteiger partial charge in [-0.3, -0.25) is 0 Å². The van der Waals surface area contributed by atoms with Crippen LogP contribution in [-0.2, 0) is 9.53 Å². The topological polar surface area (TPSA) is 57.1 Å². The van der Waals surface area contributed by atoms with E-state index < -0.39 is 5.97 Å². The van der Waals surface area contributed by atoms with Crippen molar-refractivity contribution in [2.24, 2.45) is 4.99 Å².